The summed E-state index contributed by atoms with van der Waals surface area (Å²) in [6.07, 6.45) is 18.9. The van der Waals surface area contributed by atoms with Crippen LogP contribution in [0.15, 0.2) is 106 Å². The molecule has 534 valence electrons. The zero-order chi connectivity index (χ0) is 72.1. The van der Waals surface area contributed by atoms with E-state index in [4.69, 9.17) is 82.0 Å². The fourth-order valence-electron chi connectivity index (χ4n) is 10.3. The molecule has 104 heavy (non-hydrogen) atoms. The lowest BCUT2D eigenvalue weighted by Gasteiger charge is -2.22. The number of methoxy groups -OCH3 is 1. The number of thiazole rings is 1. The molecule has 0 atom stereocenters. The predicted octanol–water partition coefficient (Wildman–Crippen LogP) is 13.0. The van der Waals surface area contributed by atoms with E-state index in [1.54, 1.807) is 61.8 Å². The van der Waals surface area contributed by atoms with Gasteiger partial charge in [0.25, 0.3) is 11.9 Å². The summed E-state index contributed by atoms with van der Waals surface area (Å²) in [7, 11) is 1.59. The fourth-order valence-corrected chi connectivity index (χ4v) is 11.7. The Balaban J connectivity index is 0.000000116. The quantitative estimate of drug-likeness (QED) is 0.0298. The van der Waals surface area contributed by atoms with Gasteiger partial charge < -0.3 is 75.5 Å². The molecule has 12 N–H and O–H groups in total. The van der Waals surface area contributed by atoms with E-state index in [1.165, 1.54) is 44.9 Å². The Hall–Kier alpha value is -11.2. The lowest BCUT2D eigenvalue weighted by Crippen LogP contribution is -2.12. The maximum Gasteiger partial charge on any atom is 0.296 e. The number of anilines is 5. The van der Waals surface area contributed by atoms with Gasteiger partial charge in [0.15, 0.2) is 51.7 Å². The van der Waals surface area contributed by atoms with Crippen molar-refractivity contribution in [3.8, 4) is 11.9 Å². The van der Waals surface area contributed by atoms with Crippen LogP contribution in [-0.4, -0.2) is 134 Å². The number of nitrogens with zero attached hydrogens (tertiary/aromatic N) is 18. The molecule has 0 aliphatic heterocycles. The third-order valence-corrected chi connectivity index (χ3v) is 17.3. The van der Waals surface area contributed by atoms with Crippen LogP contribution in [0.1, 0.15) is 114 Å². The molecule has 0 bridgehead atoms. The number of nitrogens with two attached hydrogens (primary N) is 1. The normalized spacial score (nSPS) is 12.7. The first-order valence-corrected chi connectivity index (χ1v) is 34.9. The molecule has 40 heteroatoms. The highest BCUT2D eigenvalue weighted by molar-refractivity contribution is 7.09. The van der Waals surface area contributed by atoms with Crippen molar-refractivity contribution in [2.45, 2.75) is 103 Å². The van der Waals surface area contributed by atoms with E-state index in [0.717, 1.165) is 55.9 Å². The molecule has 0 aromatic carbocycles. The summed E-state index contributed by atoms with van der Waals surface area (Å²) in [6.45, 7) is 6.45. The number of amides is 1. The molecule has 1 amide bonds. The van der Waals surface area contributed by atoms with Crippen molar-refractivity contribution in [1.82, 2.24) is 115 Å². The van der Waals surface area contributed by atoms with Crippen molar-refractivity contribution in [3.05, 3.63) is 169 Å². The number of ether oxygens (including phenoxy) is 2. The number of furan rings is 2. The number of carbonyl (C=O) groups is 1. The smallest absolute Gasteiger partial charge is 0.296 e. The Bertz CT molecular complexity index is 5340. The summed E-state index contributed by atoms with van der Waals surface area (Å²) >= 11 is 31.2. The zero-order valence-electron chi connectivity index (χ0n) is 55.2. The SMILES string of the molecule is CC(C)Oc1nc2nc(Cl)nc(NCc3ccco3)c2[nH]1.COc1cc(CNc2nc(Cl)nc3[nH]ccc23)ccn1.Clc1nc(NCc2ccncn2)c2[nH]c(C3CCC3)nc2n1.Clc1nc(NCc2nccs2)c2[nH]c(C3CCC3)nc2n1.NC(=O)c1nc2nc(Cl)nc(NCc3ccco3)c2[nH]1. The fraction of sp³-hybridized carbons (Fsp3) is 0.266. The second-order valence-electron chi connectivity index (χ2n) is 23.2. The average Bonchev–Trinajstić information content (AvgIpc) is 1.69. The number of carbonyl (C=O) groups excluding carboxylic acids is 1. The number of primary amides is 1. The molecule has 0 radical (unpaired) electrons. The molecule has 2 saturated carbocycles. The Morgan fingerprint density at radius 3 is 1.63 bits per heavy atom. The Labute approximate surface area is 617 Å². The van der Waals surface area contributed by atoms with Gasteiger partial charge in [0, 0.05) is 54.6 Å². The zero-order valence-corrected chi connectivity index (χ0v) is 59.8. The molecule has 15 heterocycles. The van der Waals surface area contributed by atoms with Gasteiger partial charge >= 0.3 is 0 Å². The molecular weight excluding hydrogens is 1460 g/mol. The minimum Gasteiger partial charge on any atom is -0.481 e. The van der Waals surface area contributed by atoms with E-state index >= 15 is 0 Å². The van der Waals surface area contributed by atoms with Crippen LogP contribution in [-0.2, 0) is 32.7 Å². The van der Waals surface area contributed by atoms with Crippen LogP contribution < -0.4 is 41.8 Å². The molecule has 15 aromatic rings. The minimum absolute atomic E-state index is 0.00221. The highest BCUT2D eigenvalue weighted by Gasteiger charge is 2.26. The van der Waals surface area contributed by atoms with Crippen LogP contribution in [0.25, 0.3) is 55.7 Å². The number of aromatic nitrogens is 23. The van der Waals surface area contributed by atoms with Crippen LogP contribution >= 0.6 is 69.3 Å². The van der Waals surface area contributed by atoms with Crippen molar-refractivity contribution in [3.63, 3.8) is 0 Å². The van der Waals surface area contributed by atoms with E-state index in [0.29, 0.717) is 119 Å². The summed E-state index contributed by atoms with van der Waals surface area (Å²) in [5.74, 6) is 7.37. The average molecular weight is 1530 g/mol. The highest BCUT2D eigenvalue weighted by atomic mass is 35.5. The molecule has 0 spiro atoms. The maximum absolute atomic E-state index is 11.1. The summed E-state index contributed by atoms with van der Waals surface area (Å²) in [5, 5.41) is 20.5. The van der Waals surface area contributed by atoms with Crippen molar-refractivity contribution in [2.75, 3.05) is 33.7 Å². The van der Waals surface area contributed by atoms with E-state index in [9.17, 15) is 4.79 Å². The van der Waals surface area contributed by atoms with E-state index < -0.39 is 5.91 Å². The lowest BCUT2D eigenvalue weighted by atomic mass is 9.85. The van der Waals surface area contributed by atoms with Crippen molar-refractivity contribution < 1.29 is 23.1 Å². The van der Waals surface area contributed by atoms with Gasteiger partial charge in [0.1, 0.15) is 68.0 Å². The van der Waals surface area contributed by atoms with Crippen LogP contribution in [0, 0.1) is 0 Å². The number of hydrogen-bond donors (Lipinski definition) is 11. The van der Waals surface area contributed by atoms with Crippen LogP contribution in [0.3, 0.4) is 0 Å². The van der Waals surface area contributed by atoms with Gasteiger partial charge in [0.05, 0.1) is 63.0 Å². The predicted molar refractivity (Wildman–Crippen MR) is 392 cm³/mol. The third kappa shape index (κ3) is 18.1. The Morgan fingerprint density at radius 1 is 0.577 bits per heavy atom. The molecule has 2 aliphatic rings. The van der Waals surface area contributed by atoms with Crippen molar-refractivity contribution in [1.29, 1.82) is 0 Å². The molecule has 2 aliphatic carbocycles. The molecule has 2 fully saturated rings. The number of pyridine rings is 1. The molecule has 34 nitrogen and oxygen atoms in total. The monoisotopic (exact) mass is 1520 g/mol. The number of nitrogens with one attached hydrogen (secondary N) is 10. The molecule has 0 unspecified atom stereocenters. The van der Waals surface area contributed by atoms with E-state index in [-0.39, 0.29) is 44.0 Å². The summed E-state index contributed by atoms with van der Waals surface area (Å²) in [4.78, 5) is 102. The third-order valence-electron chi connectivity index (χ3n) is 15.7. The van der Waals surface area contributed by atoms with Crippen LogP contribution in [0.4, 0.5) is 29.1 Å². The van der Waals surface area contributed by atoms with Gasteiger partial charge in [-0.25, -0.2) is 39.9 Å². The summed E-state index contributed by atoms with van der Waals surface area (Å²) in [6, 6.07) is 15.2. The Morgan fingerprint density at radius 2 is 1.12 bits per heavy atom. The summed E-state index contributed by atoms with van der Waals surface area (Å²) in [5.41, 5.74) is 12.4. The number of rotatable bonds is 21. The molecule has 0 saturated heterocycles. The number of hydrogen-bond acceptors (Lipinski definition) is 29. The van der Waals surface area contributed by atoms with Crippen LogP contribution in [0.5, 0.6) is 11.9 Å². The second-order valence-corrected chi connectivity index (χ2v) is 25.8. The number of fused-ring (bicyclic) bond motifs is 5. The largest absolute Gasteiger partial charge is 0.481 e. The van der Waals surface area contributed by atoms with Gasteiger partial charge in [-0.05, 0) is 146 Å². The number of imidazole rings is 4. The van der Waals surface area contributed by atoms with Gasteiger partial charge in [-0.1, -0.05) is 12.8 Å². The van der Waals surface area contributed by atoms with Crippen molar-refractivity contribution in [2.24, 2.45) is 5.73 Å². The maximum atomic E-state index is 11.1. The van der Waals surface area contributed by atoms with E-state index in [2.05, 4.69) is 141 Å². The molecule has 15 aromatic heterocycles. The summed E-state index contributed by atoms with van der Waals surface area (Å²) < 4.78 is 21.1. The standard InChI is InChI=1S/C14H14ClN7.C13H13ClN6S.C13H14ClN5O2.C13H12ClN5O.C11H9ClN6O2/c15-14-21-12(17-6-9-4-5-16-7-18-9)10-13(22-14)20-11(19-10)8-2-1-3-8;14-13-19-11(16-6-8-15-4-5-21-8)9-12(20-13)18-10(17-9)7-2-1-3-7;1-7(2)21-13-16-9-10(15-6-8-4-3-5-20-8)17-12(14)18-11(9)19-13;1-20-10-6-8(2-4-15-10)7-17-12-9-3-5-16-11(9)18-13(14)19-12;12-11-17-8(14-4-5-2-1-3-20-5)6-9(18-11)16-10(15-6)7(13)19/h4-5,7-8H,1-3,6H2,(H2,17,19,20,21,22);4-5,7H,1-3,6H2,(H2,16,17,18,19,20);3-5,7H,6H2,1-2H3,(H2,15,16,17,18,19);2-6H,7H2,1H3,(H2,16,17,18,19);1-3H,4H2,(H2,13,19)(H2,14,15,16,17,18). The molecular formula is C64H62Cl5N29O5S. The number of H-pyrrole nitrogens is 5. The number of aromatic amines is 5. The van der Waals surface area contributed by atoms with Gasteiger partial charge in [-0.15, -0.1) is 11.3 Å². The van der Waals surface area contributed by atoms with Gasteiger partial charge in [0.2, 0.25) is 32.3 Å². The first-order chi connectivity index (χ1) is 50.6. The Kier molecular flexibility index (Phi) is 22.8. The molecule has 17 rings (SSSR count). The van der Waals surface area contributed by atoms with Crippen LogP contribution in [0.2, 0.25) is 26.4 Å². The van der Waals surface area contributed by atoms with Gasteiger partial charge in [-0.2, -0.15) is 49.8 Å². The minimum atomic E-state index is -0.684. The highest BCUT2D eigenvalue weighted by Crippen LogP contribution is 2.38. The topological polar surface area (TPSA) is 459 Å². The first-order valence-electron chi connectivity index (χ1n) is 32.2. The lowest BCUT2D eigenvalue weighted by molar-refractivity contribution is 0.0991. The number of halogens is 5. The van der Waals surface area contributed by atoms with E-state index in [1.807, 2.05) is 61.7 Å². The first kappa shape index (κ1) is 71.2. The second kappa shape index (κ2) is 33.3. The van der Waals surface area contributed by atoms with Crippen molar-refractivity contribution >= 4 is 160 Å². The van der Waals surface area contributed by atoms with Gasteiger partial charge in [-0.3, -0.25) is 4.79 Å².